The van der Waals surface area contributed by atoms with Gasteiger partial charge in [0.2, 0.25) is 5.91 Å². The van der Waals surface area contributed by atoms with E-state index in [2.05, 4.69) is 10.00 Å². The van der Waals surface area contributed by atoms with Crippen molar-refractivity contribution in [2.75, 3.05) is 39.9 Å². The lowest BCUT2D eigenvalue weighted by Gasteiger charge is -2.37. The highest BCUT2D eigenvalue weighted by Gasteiger charge is 2.27. The lowest BCUT2D eigenvalue weighted by atomic mass is 10.0. The Labute approximate surface area is 144 Å². The summed E-state index contributed by atoms with van der Waals surface area (Å²) < 4.78 is 7.32. The second kappa shape index (κ2) is 8.12. The smallest absolute Gasteiger partial charge is 0.224 e. The first kappa shape index (κ1) is 17.4. The molecule has 1 aromatic rings. The Balaban J connectivity index is 1.39. The Morgan fingerprint density at radius 1 is 1.38 bits per heavy atom. The number of carbonyl (C=O) groups is 1. The van der Waals surface area contributed by atoms with Crippen molar-refractivity contribution in [1.82, 2.24) is 19.6 Å². The molecule has 0 bridgehead atoms. The zero-order valence-corrected chi connectivity index (χ0v) is 15.0. The lowest BCUT2D eigenvalue weighted by molar-refractivity contribution is -0.133. The van der Waals surface area contributed by atoms with E-state index in [4.69, 9.17) is 4.74 Å². The van der Waals surface area contributed by atoms with E-state index in [0.717, 1.165) is 51.3 Å². The van der Waals surface area contributed by atoms with Gasteiger partial charge in [0.05, 0.1) is 12.8 Å². The van der Waals surface area contributed by atoms with Gasteiger partial charge in [-0.15, -0.1) is 0 Å². The largest absolute Gasteiger partial charge is 0.381 e. The van der Waals surface area contributed by atoms with E-state index in [0.29, 0.717) is 24.9 Å². The van der Waals surface area contributed by atoms with Crippen LogP contribution < -0.4 is 0 Å². The van der Waals surface area contributed by atoms with Gasteiger partial charge >= 0.3 is 0 Å². The average molecular weight is 334 g/mol. The minimum Gasteiger partial charge on any atom is -0.381 e. The third-order valence-corrected chi connectivity index (χ3v) is 5.36. The number of rotatable bonds is 6. The maximum absolute atomic E-state index is 12.4. The van der Waals surface area contributed by atoms with Crippen molar-refractivity contribution in [1.29, 1.82) is 0 Å². The molecule has 0 unspecified atom stereocenters. The predicted octanol–water partition coefficient (Wildman–Crippen LogP) is 1.54. The Hall–Kier alpha value is -1.40. The number of aryl methyl sites for hydroxylation is 2. The van der Waals surface area contributed by atoms with Gasteiger partial charge in [-0.1, -0.05) is 0 Å². The number of likely N-dealkylation sites (tertiary alicyclic amines) is 1. The fourth-order valence-corrected chi connectivity index (χ4v) is 3.76. The summed E-state index contributed by atoms with van der Waals surface area (Å²) in [6, 6.07) is 0.382. The molecule has 1 atom stereocenters. The van der Waals surface area contributed by atoms with Crippen LogP contribution in [-0.2, 0) is 16.1 Å². The van der Waals surface area contributed by atoms with E-state index in [1.807, 2.05) is 35.9 Å². The first-order valence-electron chi connectivity index (χ1n) is 9.16. The summed E-state index contributed by atoms with van der Waals surface area (Å²) in [5.41, 5.74) is 1.14. The summed E-state index contributed by atoms with van der Waals surface area (Å²) in [4.78, 5) is 16.9. The first-order valence-corrected chi connectivity index (χ1v) is 9.16. The quantitative estimate of drug-likeness (QED) is 0.792. The minimum absolute atomic E-state index is 0.228. The van der Waals surface area contributed by atoms with E-state index >= 15 is 0 Å². The van der Waals surface area contributed by atoms with Crippen LogP contribution in [0.5, 0.6) is 0 Å². The molecule has 0 aromatic carbocycles. The van der Waals surface area contributed by atoms with Gasteiger partial charge in [0.25, 0.3) is 0 Å². The molecule has 134 valence electrons. The molecule has 3 heterocycles. The molecule has 6 nitrogen and oxygen atoms in total. The molecule has 6 heteroatoms. The molecule has 1 aromatic heterocycles. The Kier molecular flexibility index (Phi) is 5.89. The van der Waals surface area contributed by atoms with Crippen LogP contribution in [0.1, 0.15) is 31.2 Å². The highest BCUT2D eigenvalue weighted by molar-refractivity contribution is 5.76. The molecule has 0 N–H and O–H groups in total. The van der Waals surface area contributed by atoms with E-state index in [-0.39, 0.29) is 5.91 Å². The number of hydrogen-bond acceptors (Lipinski definition) is 4. The monoisotopic (exact) mass is 334 g/mol. The topological polar surface area (TPSA) is 50.6 Å². The number of aromatic nitrogens is 2. The summed E-state index contributed by atoms with van der Waals surface area (Å²) in [6.45, 7) is 7.87. The van der Waals surface area contributed by atoms with Crippen LogP contribution in [0.3, 0.4) is 0 Å². The molecule has 0 saturated carbocycles. The fourth-order valence-electron chi connectivity index (χ4n) is 3.76. The highest BCUT2D eigenvalue weighted by Crippen LogP contribution is 2.20. The third-order valence-electron chi connectivity index (χ3n) is 5.36. The van der Waals surface area contributed by atoms with Gasteiger partial charge in [0.1, 0.15) is 0 Å². The summed E-state index contributed by atoms with van der Waals surface area (Å²) in [6.07, 6.45) is 7.70. The molecule has 0 radical (unpaired) electrons. The molecule has 2 aliphatic rings. The maximum atomic E-state index is 12.4. The Morgan fingerprint density at radius 2 is 2.17 bits per heavy atom. The van der Waals surface area contributed by atoms with Crippen LogP contribution in [0.25, 0.3) is 0 Å². The van der Waals surface area contributed by atoms with Crippen LogP contribution in [-0.4, -0.2) is 71.4 Å². The van der Waals surface area contributed by atoms with Crippen molar-refractivity contribution in [2.45, 2.75) is 45.2 Å². The molecule has 0 spiro atoms. The van der Waals surface area contributed by atoms with Crippen LogP contribution in [0.15, 0.2) is 12.4 Å². The number of nitrogens with zero attached hydrogens (tertiary/aromatic N) is 4. The van der Waals surface area contributed by atoms with E-state index in [1.165, 1.54) is 6.42 Å². The van der Waals surface area contributed by atoms with Gasteiger partial charge in [-0.05, 0) is 37.7 Å². The van der Waals surface area contributed by atoms with Gasteiger partial charge in [0, 0.05) is 58.5 Å². The van der Waals surface area contributed by atoms with Crippen LogP contribution >= 0.6 is 0 Å². The van der Waals surface area contributed by atoms with E-state index < -0.39 is 0 Å². The van der Waals surface area contributed by atoms with Crippen molar-refractivity contribution in [3.8, 4) is 0 Å². The molecular weight excluding hydrogens is 304 g/mol. The lowest BCUT2D eigenvalue weighted by Crippen LogP contribution is -2.46. The molecule has 24 heavy (non-hydrogen) atoms. The zero-order valence-electron chi connectivity index (χ0n) is 15.0. The standard InChI is InChI=1S/C18H30N4O2/c1-15-11-19-22(12-15)9-5-18(23)20(2)17-3-7-21(8-4-17)13-16-6-10-24-14-16/h11-12,16-17H,3-10,13-14H2,1-2H3/t16-/m1/s1. The number of carbonyl (C=O) groups excluding carboxylic acids is 1. The van der Waals surface area contributed by atoms with Crippen molar-refractivity contribution in [2.24, 2.45) is 5.92 Å². The molecule has 2 fully saturated rings. The van der Waals surface area contributed by atoms with Crippen LogP contribution in [0, 0.1) is 12.8 Å². The molecule has 2 saturated heterocycles. The van der Waals surface area contributed by atoms with Gasteiger partial charge < -0.3 is 14.5 Å². The number of piperidine rings is 1. The summed E-state index contributed by atoms with van der Waals surface area (Å²) in [7, 11) is 1.96. The van der Waals surface area contributed by atoms with E-state index in [1.54, 1.807) is 0 Å². The van der Waals surface area contributed by atoms with Gasteiger partial charge in [-0.2, -0.15) is 5.10 Å². The van der Waals surface area contributed by atoms with Crippen molar-refractivity contribution >= 4 is 5.91 Å². The minimum atomic E-state index is 0.228. The van der Waals surface area contributed by atoms with Crippen LogP contribution in [0.2, 0.25) is 0 Å². The Morgan fingerprint density at radius 3 is 2.79 bits per heavy atom. The summed E-state index contributed by atoms with van der Waals surface area (Å²) in [5, 5.41) is 4.25. The average Bonchev–Trinajstić information content (AvgIpc) is 3.24. The van der Waals surface area contributed by atoms with Crippen molar-refractivity contribution in [3.05, 3.63) is 18.0 Å². The van der Waals surface area contributed by atoms with Crippen molar-refractivity contribution < 1.29 is 9.53 Å². The number of ether oxygens (including phenoxy) is 1. The maximum Gasteiger partial charge on any atom is 0.224 e. The molecule has 2 aliphatic heterocycles. The highest BCUT2D eigenvalue weighted by atomic mass is 16.5. The van der Waals surface area contributed by atoms with Gasteiger partial charge in [-0.25, -0.2) is 0 Å². The van der Waals surface area contributed by atoms with Crippen LogP contribution in [0.4, 0.5) is 0 Å². The summed E-state index contributed by atoms with van der Waals surface area (Å²) in [5.74, 6) is 0.934. The van der Waals surface area contributed by atoms with Gasteiger partial charge in [0.15, 0.2) is 0 Å². The van der Waals surface area contributed by atoms with Crippen molar-refractivity contribution in [3.63, 3.8) is 0 Å². The second-order valence-electron chi connectivity index (χ2n) is 7.30. The summed E-state index contributed by atoms with van der Waals surface area (Å²) >= 11 is 0. The third kappa shape index (κ3) is 4.57. The molecular formula is C18H30N4O2. The van der Waals surface area contributed by atoms with Gasteiger partial charge in [-0.3, -0.25) is 9.48 Å². The normalized spacial score (nSPS) is 22.8. The zero-order chi connectivity index (χ0) is 16.9. The first-order chi connectivity index (χ1) is 11.6. The predicted molar refractivity (Wildman–Crippen MR) is 92.7 cm³/mol. The molecule has 0 aliphatic carbocycles. The number of hydrogen-bond donors (Lipinski definition) is 0. The fraction of sp³-hybridized carbons (Fsp3) is 0.778. The van der Waals surface area contributed by atoms with E-state index in [9.17, 15) is 4.79 Å². The SMILES string of the molecule is Cc1cnn(CCC(=O)N(C)C2CCN(C[C@H]3CCOC3)CC2)c1. The molecule has 3 rings (SSSR count). The second-order valence-corrected chi connectivity index (χ2v) is 7.30. The number of amides is 1. The Bertz CT molecular complexity index is 531. The molecule has 1 amide bonds.